The monoisotopic (exact) mass is 578 g/mol. The highest BCUT2D eigenvalue weighted by molar-refractivity contribution is 9.10. The van der Waals surface area contributed by atoms with Crippen LogP contribution in [0, 0.1) is 11.6 Å². The number of fused-ring (bicyclic) bond motifs is 2. The minimum atomic E-state index is -1.01. The third kappa shape index (κ3) is 4.33. The van der Waals surface area contributed by atoms with E-state index in [1.165, 1.54) is 23.3 Å². The standard InChI is InChI=1S/C24H21BrF2N4O4S/c1-12-10-31-14(11-30(12)24(32)33)9-17(29-31)21-20(22-15(3-6-36-22)23(25)28-21)19-16(27)7-13(26)8-18(19)35-5-4-34-2/h3,6-9,12H,4-5,10-11H2,1-2H3,(H,32,33)/t12-/m1/s1. The second-order valence-electron chi connectivity index (χ2n) is 8.35. The lowest BCUT2D eigenvalue weighted by atomic mass is 9.99. The molecule has 36 heavy (non-hydrogen) atoms. The number of carboxylic acid groups (broad SMARTS) is 1. The molecule has 0 saturated heterocycles. The minimum absolute atomic E-state index is 0.0271. The molecule has 0 saturated carbocycles. The number of rotatable bonds is 6. The molecule has 1 atom stereocenters. The average molecular weight is 579 g/mol. The van der Waals surface area contributed by atoms with E-state index in [4.69, 9.17) is 19.6 Å². The molecular weight excluding hydrogens is 558 g/mol. The first-order valence-electron chi connectivity index (χ1n) is 11.0. The van der Waals surface area contributed by atoms with Crippen molar-refractivity contribution in [1.82, 2.24) is 19.7 Å². The van der Waals surface area contributed by atoms with Crippen molar-refractivity contribution in [2.45, 2.75) is 26.1 Å². The van der Waals surface area contributed by atoms with Gasteiger partial charge in [0.2, 0.25) is 0 Å². The number of nitrogens with zero attached hydrogens (tertiary/aromatic N) is 4. The highest BCUT2D eigenvalue weighted by Gasteiger charge is 2.30. The quantitative estimate of drug-likeness (QED) is 0.230. The molecule has 1 aliphatic heterocycles. The molecule has 1 N–H and O–H groups in total. The van der Waals surface area contributed by atoms with Crippen molar-refractivity contribution in [1.29, 1.82) is 0 Å². The van der Waals surface area contributed by atoms with E-state index >= 15 is 4.39 Å². The van der Waals surface area contributed by atoms with Crippen molar-refractivity contribution in [3.05, 3.63) is 51.6 Å². The molecule has 12 heteroatoms. The zero-order valence-corrected chi connectivity index (χ0v) is 21.7. The predicted molar refractivity (Wildman–Crippen MR) is 134 cm³/mol. The van der Waals surface area contributed by atoms with E-state index in [9.17, 15) is 14.3 Å². The molecule has 8 nitrogen and oxygen atoms in total. The number of methoxy groups -OCH3 is 1. The topological polar surface area (TPSA) is 89.7 Å². The van der Waals surface area contributed by atoms with Gasteiger partial charge in [0.25, 0.3) is 0 Å². The fourth-order valence-electron chi connectivity index (χ4n) is 4.34. The molecule has 0 fully saturated rings. The largest absolute Gasteiger partial charge is 0.490 e. The smallest absolute Gasteiger partial charge is 0.407 e. The summed E-state index contributed by atoms with van der Waals surface area (Å²) in [6, 6.07) is 5.31. The number of ether oxygens (including phenoxy) is 2. The Morgan fingerprint density at radius 1 is 1.28 bits per heavy atom. The van der Waals surface area contributed by atoms with E-state index in [0.717, 1.165) is 22.2 Å². The molecule has 5 rings (SSSR count). The number of benzene rings is 1. The van der Waals surface area contributed by atoms with Crippen LogP contribution in [0.3, 0.4) is 0 Å². The third-order valence-corrected chi connectivity index (χ3v) is 7.56. The number of aromatic nitrogens is 3. The number of carbonyl (C=O) groups is 1. The number of halogens is 3. The number of thiophene rings is 1. The van der Waals surface area contributed by atoms with Crippen LogP contribution in [-0.2, 0) is 17.8 Å². The number of amides is 1. The Labute approximate surface area is 217 Å². The number of hydrogen-bond acceptors (Lipinski definition) is 6. The normalized spacial score (nSPS) is 15.4. The molecule has 1 aromatic carbocycles. The number of hydrogen-bond donors (Lipinski definition) is 1. The molecule has 4 aromatic rings. The molecule has 0 spiro atoms. The lowest BCUT2D eigenvalue weighted by Crippen LogP contribution is -2.44. The average Bonchev–Trinajstić information content (AvgIpc) is 3.46. The van der Waals surface area contributed by atoms with Gasteiger partial charge in [-0.15, -0.1) is 11.3 Å². The van der Waals surface area contributed by atoms with Crippen molar-refractivity contribution >= 4 is 43.4 Å². The summed E-state index contributed by atoms with van der Waals surface area (Å²) in [6.45, 7) is 2.69. The molecule has 0 aliphatic carbocycles. The molecule has 0 radical (unpaired) electrons. The Balaban J connectivity index is 1.73. The second kappa shape index (κ2) is 9.75. The first-order valence-corrected chi connectivity index (χ1v) is 12.7. The lowest BCUT2D eigenvalue weighted by molar-refractivity contribution is 0.105. The molecule has 1 amide bonds. The number of pyridine rings is 1. The summed E-state index contributed by atoms with van der Waals surface area (Å²) in [4.78, 5) is 17.7. The summed E-state index contributed by atoms with van der Waals surface area (Å²) >= 11 is 4.90. The van der Waals surface area contributed by atoms with Gasteiger partial charge in [-0.2, -0.15) is 5.10 Å². The maximum Gasteiger partial charge on any atom is 0.407 e. The highest BCUT2D eigenvalue weighted by atomic mass is 79.9. The first-order chi connectivity index (χ1) is 17.3. The van der Waals surface area contributed by atoms with Crippen LogP contribution in [0.15, 0.2) is 34.2 Å². The Kier molecular flexibility index (Phi) is 6.66. The Morgan fingerprint density at radius 2 is 2.08 bits per heavy atom. The van der Waals surface area contributed by atoms with Crippen LogP contribution in [0.1, 0.15) is 12.6 Å². The van der Waals surface area contributed by atoms with E-state index in [2.05, 4.69) is 15.9 Å². The van der Waals surface area contributed by atoms with Crippen molar-refractivity contribution in [3.63, 3.8) is 0 Å². The summed E-state index contributed by atoms with van der Waals surface area (Å²) < 4.78 is 43.5. The first kappa shape index (κ1) is 24.6. The van der Waals surface area contributed by atoms with Gasteiger partial charge >= 0.3 is 6.09 Å². The lowest BCUT2D eigenvalue weighted by Gasteiger charge is -2.31. The highest BCUT2D eigenvalue weighted by Crippen LogP contribution is 2.46. The zero-order valence-electron chi connectivity index (χ0n) is 19.3. The van der Waals surface area contributed by atoms with E-state index in [1.54, 1.807) is 10.7 Å². The Morgan fingerprint density at radius 3 is 2.83 bits per heavy atom. The molecule has 0 unspecified atom stereocenters. The maximum atomic E-state index is 15.5. The van der Waals surface area contributed by atoms with Crippen LogP contribution in [0.25, 0.3) is 32.6 Å². The van der Waals surface area contributed by atoms with Crippen LogP contribution in [-0.4, -0.2) is 57.2 Å². The van der Waals surface area contributed by atoms with E-state index < -0.39 is 17.7 Å². The van der Waals surface area contributed by atoms with Crippen LogP contribution >= 0.6 is 27.3 Å². The van der Waals surface area contributed by atoms with Crippen LogP contribution in [0.4, 0.5) is 13.6 Å². The van der Waals surface area contributed by atoms with Gasteiger partial charge in [0.1, 0.15) is 40.0 Å². The van der Waals surface area contributed by atoms with Crippen molar-refractivity contribution in [3.8, 4) is 28.3 Å². The SMILES string of the molecule is COCCOc1cc(F)cc(F)c1-c1c(-c2cc3n(n2)C[C@@H](C)N(C(=O)O)C3)nc(Br)c2ccsc12. The third-order valence-electron chi connectivity index (χ3n) is 6.03. The zero-order chi connectivity index (χ0) is 25.6. The second-order valence-corrected chi connectivity index (χ2v) is 10.0. The van der Waals surface area contributed by atoms with Crippen LogP contribution < -0.4 is 4.74 Å². The van der Waals surface area contributed by atoms with Gasteiger partial charge in [-0.1, -0.05) is 0 Å². The van der Waals surface area contributed by atoms with Gasteiger partial charge in [-0.05, 0) is 40.4 Å². The van der Waals surface area contributed by atoms with E-state index in [1.807, 2.05) is 18.4 Å². The summed E-state index contributed by atoms with van der Waals surface area (Å²) in [5, 5.41) is 16.9. The summed E-state index contributed by atoms with van der Waals surface area (Å²) in [7, 11) is 1.51. The van der Waals surface area contributed by atoms with Crippen molar-refractivity contribution in [2.24, 2.45) is 0 Å². The predicted octanol–water partition coefficient (Wildman–Crippen LogP) is 5.77. The molecular formula is C24H21BrF2N4O4S. The Bertz CT molecular complexity index is 1470. The minimum Gasteiger partial charge on any atom is -0.490 e. The molecule has 188 valence electrons. The van der Waals surface area contributed by atoms with Gasteiger partial charge in [-0.25, -0.2) is 18.6 Å². The summed E-state index contributed by atoms with van der Waals surface area (Å²) in [5.41, 5.74) is 2.00. The maximum absolute atomic E-state index is 15.5. The van der Waals surface area contributed by atoms with Gasteiger partial charge < -0.3 is 14.6 Å². The van der Waals surface area contributed by atoms with Crippen molar-refractivity contribution < 1.29 is 28.2 Å². The molecule has 4 heterocycles. The van der Waals surface area contributed by atoms with Gasteiger partial charge in [0.05, 0.1) is 37.0 Å². The molecule has 1 aliphatic rings. The van der Waals surface area contributed by atoms with Gasteiger partial charge in [0, 0.05) is 34.9 Å². The summed E-state index contributed by atoms with van der Waals surface area (Å²) in [5.74, 6) is -1.53. The molecule has 3 aromatic heterocycles. The van der Waals surface area contributed by atoms with Crippen LogP contribution in [0.2, 0.25) is 0 Å². The van der Waals surface area contributed by atoms with E-state index in [-0.39, 0.29) is 37.1 Å². The summed E-state index contributed by atoms with van der Waals surface area (Å²) in [6.07, 6.45) is -1.01. The van der Waals surface area contributed by atoms with Crippen molar-refractivity contribution in [2.75, 3.05) is 20.3 Å². The van der Waals surface area contributed by atoms with Gasteiger partial charge in [-0.3, -0.25) is 9.58 Å². The van der Waals surface area contributed by atoms with Crippen LogP contribution in [0.5, 0.6) is 5.75 Å². The fourth-order valence-corrected chi connectivity index (χ4v) is 5.93. The Hall–Kier alpha value is -3.09. The fraction of sp³-hybridized carbons (Fsp3) is 0.292. The molecule has 0 bridgehead atoms. The van der Waals surface area contributed by atoms with Gasteiger partial charge in [0.15, 0.2) is 0 Å². The van der Waals surface area contributed by atoms with E-state index in [0.29, 0.717) is 33.8 Å².